The van der Waals surface area contributed by atoms with Crippen molar-refractivity contribution in [2.75, 3.05) is 13.2 Å². The van der Waals surface area contributed by atoms with Gasteiger partial charge in [-0.05, 0) is 25.1 Å². The van der Waals surface area contributed by atoms with E-state index in [2.05, 4.69) is 14.5 Å². The second-order valence-electron chi connectivity index (χ2n) is 6.66. The molecule has 5 rings (SSSR count). The van der Waals surface area contributed by atoms with Gasteiger partial charge in [0.05, 0.1) is 29.2 Å². The number of nitrogens with zero attached hydrogens (tertiary/aromatic N) is 3. The zero-order valence-corrected chi connectivity index (χ0v) is 15.0. The Balaban J connectivity index is 1.91. The van der Waals surface area contributed by atoms with Crippen LogP contribution in [0.1, 0.15) is 22.6 Å². The Kier molecular flexibility index (Phi) is 3.47. The molecule has 1 saturated heterocycles. The summed E-state index contributed by atoms with van der Waals surface area (Å²) in [7, 11) is 0. The molecule has 26 heavy (non-hydrogen) atoms. The van der Waals surface area contributed by atoms with Crippen molar-refractivity contribution < 1.29 is 9.13 Å². The SMILES string of the molecule is Cc1ncc2n1-c1cccc(Cl)c1C1(c3ccccc3F)OCCN1C2. The molecule has 2 aliphatic rings. The van der Waals surface area contributed by atoms with Crippen molar-refractivity contribution >= 4 is 11.6 Å². The lowest BCUT2D eigenvalue weighted by Crippen LogP contribution is -2.43. The summed E-state index contributed by atoms with van der Waals surface area (Å²) in [5.74, 6) is 0.570. The Morgan fingerprint density at radius 2 is 2.04 bits per heavy atom. The zero-order valence-electron chi connectivity index (χ0n) is 14.2. The van der Waals surface area contributed by atoms with E-state index in [4.69, 9.17) is 16.3 Å². The summed E-state index contributed by atoms with van der Waals surface area (Å²) >= 11 is 6.70. The summed E-state index contributed by atoms with van der Waals surface area (Å²) in [5.41, 5.74) is 2.13. The van der Waals surface area contributed by atoms with Gasteiger partial charge in [0.2, 0.25) is 0 Å². The molecule has 1 aromatic heterocycles. The van der Waals surface area contributed by atoms with Crippen molar-refractivity contribution in [1.29, 1.82) is 0 Å². The van der Waals surface area contributed by atoms with E-state index in [1.54, 1.807) is 12.1 Å². The number of halogens is 2. The second kappa shape index (κ2) is 5.64. The first-order valence-corrected chi connectivity index (χ1v) is 8.97. The molecular formula is C20H17ClFN3O. The third kappa shape index (κ3) is 1.99. The lowest BCUT2D eigenvalue weighted by Gasteiger charge is -2.37. The predicted molar refractivity (Wildman–Crippen MR) is 96.9 cm³/mol. The molecule has 0 spiro atoms. The minimum Gasteiger partial charge on any atom is -0.350 e. The molecule has 1 atom stereocenters. The number of benzene rings is 2. The highest BCUT2D eigenvalue weighted by Gasteiger charge is 2.51. The molecule has 6 heteroatoms. The van der Waals surface area contributed by atoms with Gasteiger partial charge in [-0.15, -0.1) is 0 Å². The molecule has 2 aliphatic heterocycles. The minimum absolute atomic E-state index is 0.299. The lowest BCUT2D eigenvalue weighted by molar-refractivity contribution is -0.0572. The molecule has 0 saturated carbocycles. The number of hydrogen-bond donors (Lipinski definition) is 0. The van der Waals surface area contributed by atoms with Gasteiger partial charge in [0.1, 0.15) is 11.6 Å². The normalized spacial score (nSPS) is 21.8. The van der Waals surface area contributed by atoms with Gasteiger partial charge in [-0.2, -0.15) is 0 Å². The van der Waals surface area contributed by atoms with Crippen molar-refractivity contribution in [2.24, 2.45) is 0 Å². The smallest absolute Gasteiger partial charge is 0.180 e. The Labute approximate surface area is 155 Å². The van der Waals surface area contributed by atoms with E-state index in [1.807, 2.05) is 37.4 Å². The first-order valence-electron chi connectivity index (χ1n) is 8.59. The van der Waals surface area contributed by atoms with E-state index >= 15 is 0 Å². The third-order valence-electron chi connectivity index (χ3n) is 5.29. The summed E-state index contributed by atoms with van der Waals surface area (Å²) in [6.07, 6.45) is 1.87. The van der Waals surface area contributed by atoms with Crippen molar-refractivity contribution in [2.45, 2.75) is 19.2 Å². The number of rotatable bonds is 1. The summed E-state index contributed by atoms with van der Waals surface area (Å²) in [6, 6.07) is 12.5. The number of fused-ring (bicyclic) bond motifs is 5. The average Bonchev–Trinajstić information content (AvgIpc) is 3.17. The molecule has 0 bridgehead atoms. The molecule has 0 aliphatic carbocycles. The summed E-state index contributed by atoms with van der Waals surface area (Å²) in [4.78, 5) is 6.62. The van der Waals surface area contributed by atoms with Gasteiger partial charge in [0.15, 0.2) is 5.72 Å². The van der Waals surface area contributed by atoms with E-state index in [-0.39, 0.29) is 5.82 Å². The van der Waals surface area contributed by atoms with Crippen molar-refractivity contribution in [1.82, 2.24) is 14.5 Å². The highest BCUT2D eigenvalue weighted by atomic mass is 35.5. The van der Waals surface area contributed by atoms with E-state index in [9.17, 15) is 4.39 Å². The van der Waals surface area contributed by atoms with Gasteiger partial charge >= 0.3 is 0 Å². The fourth-order valence-corrected chi connectivity index (χ4v) is 4.55. The van der Waals surface area contributed by atoms with E-state index < -0.39 is 5.72 Å². The number of hydrogen-bond acceptors (Lipinski definition) is 3. The van der Waals surface area contributed by atoms with Gasteiger partial charge in [-0.25, -0.2) is 9.37 Å². The van der Waals surface area contributed by atoms with Crippen molar-refractivity contribution in [3.8, 4) is 5.69 Å². The molecule has 4 nitrogen and oxygen atoms in total. The molecular weight excluding hydrogens is 353 g/mol. The Bertz CT molecular complexity index is 1020. The minimum atomic E-state index is -1.05. The summed E-state index contributed by atoms with van der Waals surface area (Å²) < 4.78 is 23.3. The summed E-state index contributed by atoms with van der Waals surface area (Å²) in [6.45, 7) is 3.75. The van der Waals surface area contributed by atoms with Crippen molar-refractivity contribution in [3.63, 3.8) is 0 Å². The van der Waals surface area contributed by atoms with Gasteiger partial charge in [0, 0.05) is 24.2 Å². The van der Waals surface area contributed by atoms with Crippen LogP contribution in [-0.4, -0.2) is 27.6 Å². The molecule has 1 fully saturated rings. The molecule has 0 radical (unpaired) electrons. The highest BCUT2D eigenvalue weighted by molar-refractivity contribution is 6.31. The number of aromatic nitrogens is 2. The Morgan fingerprint density at radius 3 is 2.88 bits per heavy atom. The zero-order chi connectivity index (χ0) is 17.9. The van der Waals surface area contributed by atoms with Crippen LogP contribution in [0.3, 0.4) is 0 Å². The fraction of sp³-hybridized carbons (Fsp3) is 0.250. The Morgan fingerprint density at radius 1 is 1.19 bits per heavy atom. The van der Waals surface area contributed by atoms with Gasteiger partial charge in [-0.3, -0.25) is 9.47 Å². The first kappa shape index (κ1) is 16.0. The molecule has 1 unspecified atom stereocenters. The number of ether oxygens (including phenoxy) is 1. The van der Waals surface area contributed by atoms with Crippen LogP contribution in [0.4, 0.5) is 4.39 Å². The topological polar surface area (TPSA) is 30.3 Å². The van der Waals surface area contributed by atoms with Crippen LogP contribution in [0.25, 0.3) is 5.69 Å². The van der Waals surface area contributed by atoms with Crippen molar-refractivity contribution in [3.05, 3.63) is 82.1 Å². The maximum Gasteiger partial charge on any atom is 0.180 e. The molecule has 132 valence electrons. The van der Waals surface area contributed by atoms with Crippen LogP contribution in [0.15, 0.2) is 48.7 Å². The maximum absolute atomic E-state index is 14.9. The van der Waals surface area contributed by atoms with Gasteiger partial charge < -0.3 is 4.74 Å². The van der Waals surface area contributed by atoms with Crippen LogP contribution in [0.5, 0.6) is 0 Å². The van der Waals surface area contributed by atoms with E-state index in [1.165, 1.54) is 6.07 Å². The van der Waals surface area contributed by atoms with Crippen LogP contribution >= 0.6 is 11.6 Å². The first-order chi connectivity index (χ1) is 12.6. The lowest BCUT2D eigenvalue weighted by atomic mass is 9.91. The second-order valence-corrected chi connectivity index (χ2v) is 7.07. The Hall–Kier alpha value is -2.21. The van der Waals surface area contributed by atoms with E-state index in [0.29, 0.717) is 30.3 Å². The maximum atomic E-state index is 14.9. The predicted octanol–water partition coefficient (Wildman–Crippen LogP) is 4.02. The van der Waals surface area contributed by atoms with Crippen LogP contribution in [0.2, 0.25) is 5.02 Å². The fourth-order valence-electron chi connectivity index (χ4n) is 4.25. The molecule has 3 aromatic rings. The number of imidazole rings is 1. The van der Waals surface area contributed by atoms with Gasteiger partial charge in [-0.1, -0.05) is 35.9 Å². The van der Waals surface area contributed by atoms with Crippen LogP contribution in [-0.2, 0) is 17.0 Å². The average molecular weight is 370 g/mol. The number of aryl methyl sites for hydroxylation is 1. The van der Waals surface area contributed by atoms with Crippen LogP contribution in [0, 0.1) is 12.7 Å². The van der Waals surface area contributed by atoms with E-state index in [0.717, 1.165) is 22.8 Å². The molecule has 3 heterocycles. The monoisotopic (exact) mass is 369 g/mol. The molecule has 0 N–H and O–H groups in total. The quantitative estimate of drug-likeness (QED) is 0.649. The molecule has 0 amide bonds. The highest BCUT2D eigenvalue weighted by Crippen LogP contribution is 2.49. The van der Waals surface area contributed by atoms with Crippen LogP contribution < -0.4 is 0 Å². The van der Waals surface area contributed by atoms with Gasteiger partial charge in [0.25, 0.3) is 0 Å². The molecule has 2 aromatic carbocycles. The largest absolute Gasteiger partial charge is 0.350 e. The third-order valence-corrected chi connectivity index (χ3v) is 5.61. The summed E-state index contributed by atoms with van der Waals surface area (Å²) in [5, 5.41) is 0.554. The standard InChI is InChI=1S/C20H17ClFN3O/c1-13-23-11-14-12-24-9-10-26-20(24,15-5-2-3-7-17(15)22)19-16(21)6-4-8-18(19)25(13)14/h2-8,11H,9-10,12H2,1H3.